The number of hydrogen-bond donors (Lipinski definition) is 0. The van der Waals surface area contributed by atoms with Gasteiger partial charge in [-0.1, -0.05) is 0 Å². The zero-order valence-electron chi connectivity index (χ0n) is 11.2. The Hall–Kier alpha value is -1.14. The van der Waals surface area contributed by atoms with Crippen molar-refractivity contribution in [2.24, 2.45) is 5.92 Å². The smallest absolute Gasteiger partial charge is 0.381 e. The maximum Gasteiger partial charge on any atom is 0.416 e. The highest BCUT2D eigenvalue weighted by Gasteiger charge is 2.31. The van der Waals surface area contributed by atoms with Gasteiger partial charge in [0.25, 0.3) is 0 Å². The second-order valence-corrected chi connectivity index (χ2v) is 5.23. The summed E-state index contributed by atoms with van der Waals surface area (Å²) in [6, 6.07) is 2.53. The molecule has 0 amide bonds. The fraction of sp³-hybridized carbons (Fsp3) is 0.571. The van der Waals surface area contributed by atoms with E-state index in [9.17, 15) is 17.6 Å². The maximum absolute atomic E-state index is 13.6. The fourth-order valence-electron chi connectivity index (χ4n) is 2.40. The summed E-state index contributed by atoms with van der Waals surface area (Å²) in [4.78, 5) is 1.83. The Morgan fingerprint density at radius 3 is 2.70 bits per heavy atom. The van der Waals surface area contributed by atoms with Gasteiger partial charge in [0.1, 0.15) is 5.82 Å². The van der Waals surface area contributed by atoms with E-state index < -0.39 is 17.6 Å². The normalized spacial score (nSPS) is 19.8. The van der Waals surface area contributed by atoms with Gasteiger partial charge in [0.2, 0.25) is 0 Å². The molecule has 1 saturated heterocycles. The molecule has 0 bridgehead atoms. The Bertz CT molecular complexity index is 455. The molecular weight excluding hydrogens is 274 g/mol. The standard InChI is InChI=1S/C14H17F4NO/c1-19(7-10-4-5-20-9-10)8-11-6-12(14(16,17)18)2-3-13(11)15/h2-3,6,10H,4-5,7-9H2,1H3/t10-/m0/s1. The number of nitrogens with zero attached hydrogens (tertiary/aromatic N) is 1. The summed E-state index contributed by atoms with van der Waals surface area (Å²) in [5, 5.41) is 0. The molecule has 0 radical (unpaired) electrons. The summed E-state index contributed by atoms with van der Waals surface area (Å²) in [6.07, 6.45) is -3.50. The fourth-order valence-corrected chi connectivity index (χ4v) is 2.40. The van der Waals surface area contributed by atoms with Crippen molar-refractivity contribution in [2.45, 2.75) is 19.1 Å². The van der Waals surface area contributed by atoms with Crippen molar-refractivity contribution < 1.29 is 22.3 Å². The predicted octanol–water partition coefficient (Wildman–Crippen LogP) is 3.31. The Balaban J connectivity index is 2.03. The number of benzene rings is 1. The summed E-state index contributed by atoms with van der Waals surface area (Å²) in [5.74, 6) is -0.235. The highest BCUT2D eigenvalue weighted by Crippen LogP contribution is 2.30. The van der Waals surface area contributed by atoms with E-state index in [1.807, 2.05) is 4.90 Å². The average molecular weight is 291 g/mol. The Morgan fingerprint density at radius 2 is 2.10 bits per heavy atom. The summed E-state index contributed by atoms with van der Waals surface area (Å²) < 4.78 is 56.7. The first kappa shape index (κ1) is 15.3. The maximum atomic E-state index is 13.6. The van der Waals surface area contributed by atoms with Crippen LogP contribution in [0.1, 0.15) is 17.5 Å². The molecule has 2 nitrogen and oxygen atoms in total. The highest BCUT2D eigenvalue weighted by molar-refractivity contribution is 5.27. The van der Waals surface area contributed by atoms with Crippen LogP contribution in [0.25, 0.3) is 0 Å². The van der Waals surface area contributed by atoms with Gasteiger partial charge in [-0.15, -0.1) is 0 Å². The summed E-state index contributed by atoms with van der Waals surface area (Å²) in [5.41, 5.74) is -0.743. The van der Waals surface area contributed by atoms with Crippen LogP contribution in [0.3, 0.4) is 0 Å². The minimum absolute atomic E-state index is 0.0706. The van der Waals surface area contributed by atoms with Crippen molar-refractivity contribution in [3.63, 3.8) is 0 Å². The molecule has 20 heavy (non-hydrogen) atoms. The first-order valence-electron chi connectivity index (χ1n) is 6.48. The molecule has 1 heterocycles. The monoisotopic (exact) mass is 291 g/mol. The third-order valence-electron chi connectivity index (χ3n) is 3.41. The van der Waals surface area contributed by atoms with Crippen molar-refractivity contribution in [2.75, 3.05) is 26.8 Å². The molecule has 1 aromatic carbocycles. The van der Waals surface area contributed by atoms with Gasteiger partial charge in [0.15, 0.2) is 0 Å². The lowest BCUT2D eigenvalue weighted by Crippen LogP contribution is -2.26. The summed E-state index contributed by atoms with van der Waals surface area (Å²) >= 11 is 0. The van der Waals surface area contributed by atoms with E-state index in [-0.39, 0.29) is 12.1 Å². The summed E-state index contributed by atoms with van der Waals surface area (Å²) in [6.45, 7) is 2.23. The molecule has 1 atom stereocenters. The Labute approximate surface area is 115 Å². The first-order valence-corrected chi connectivity index (χ1v) is 6.48. The average Bonchev–Trinajstić information content (AvgIpc) is 2.83. The van der Waals surface area contributed by atoms with Crippen LogP contribution in [-0.2, 0) is 17.5 Å². The van der Waals surface area contributed by atoms with Crippen LogP contribution in [0.2, 0.25) is 0 Å². The number of ether oxygens (including phenoxy) is 1. The van der Waals surface area contributed by atoms with E-state index in [0.29, 0.717) is 19.1 Å². The summed E-state index contributed by atoms with van der Waals surface area (Å²) in [7, 11) is 1.78. The molecule has 1 aliphatic heterocycles. The topological polar surface area (TPSA) is 12.5 Å². The van der Waals surface area contributed by atoms with Crippen molar-refractivity contribution >= 4 is 0 Å². The predicted molar refractivity (Wildman–Crippen MR) is 66.7 cm³/mol. The number of hydrogen-bond acceptors (Lipinski definition) is 2. The van der Waals surface area contributed by atoms with Crippen LogP contribution in [0.4, 0.5) is 17.6 Å². The van der Waals surface area contributed by atoms with Crippen molar-refractivity contribution in [3.05, 3.63) is 35.1 Å². The second kappa shape index (κ2) is 6.10. The van der Waals surface area contributed by atoms with E-state index >= 15 is 0 Å². The van der Waals surface area contributed by atoms with Gasteiger partial charge in [0.05, 0.1) is 12.2 Å². The molecule has 0 spiro atoms. The third-order valence-corrected chi connectivity index (χ3v) is 3.41. The van der Waals surface area contributed by atoms with E-state index in [1.54, 1.807) is 7.05 Å². The van der Waals surface area contributed by atoms with Gasteiger partial charge in [0, 0.05) is 25.3 Å². The van der Waals surface area contributed by atoms with Gasteiger partial charge in [-0.2, -0.15) is 13.2 Å². The number of halogens is 4. The molecule has 0 N–H and O–H groups in total. The minimum Gasteiger partial charge on any atom is -0.381 e. The van der Waals surface area contributed by atoms with Crippen molar-refractivity contribution in [3.8, 4) is 0 Å². The molecule has 0 aliphatic carbocycles. The molecule has 6 heteroatoms. The number of rotatable bonds is 4. The van der Waals surface area contributed by atoms with Crippen LogP contribution in [0.15, 0.2) is 18.2 Å². The Kier molecular flexibility index (Phi) is 4.65. The molecule has 1 aromatic rings. The van der Waals surface area contributed by atoms with Crippen LogP contribution in [-0.4, -0.2) is 31.7 Å². The van der Waals surface area contributed by atoms with E-state index in [4.69, 9.17) is 4.74 Å². The largest absolute Gasteiger partial charge is 0.416 e. The zero-order valence-corrected chi connectivity index (χ0v) is 11.2. The van der Waals surface area contributed by atoms with Gasteiger partial charge in [-0.05, 0) is 37.6 Å². The van der Waals surface area contributed by atoms with Crippen LogP contribution in [0.5, 0.6) is 0 Å². The van der Waals surface area contributed by atoms with Crippen LogP contribution in [0, 0.1) is 11.7 Å². The van der Waals surface area contributed by atoms with Gasteiger partial charge >= 0.3 is 6.18 Å². The van der Waals surface area contributed by atoms with Gasteiger partial charge in [-0.3, -0.25) is 0 Å². The minimum atomic E-state index is -4.44. The molecule has 112 valence electrons. The van der Waals surface area contributed by atoms with Gasteiger partial charge < -0.3 is 9.64 Å². The van der Waals surface area contributed by atoms with E-state index in [1.165, 1.54) is 0 Å². The lowest BCUT2D eigenvalue weighted by Gasteiger charge is -2.21. The molecule has 2 rings (SSSR count). The highest BCUT2D eigenvalue weighted by atomic mass is 19.4. The lowest BCUT2D eigenvalue weighted by molar-refractivity contribution is -0.137. The second-order valence-electron chi connectivity index (χ2n) is 5.23. The molecule has 1 aliphatic rings. The van der Waals surface area contributed by atoms with Crippen LogP contribution >= 0.6 is 0 Å². The molecule has 1 fully saturated rings. The molecule has 0 aromatic heterocycles. The molecular formula is C14H17F4NO. The number of alkyl halides is 3. The first-order chi connectivity index (χ1) is 9.36. The SMILES string of the molecule is CN(Cc1cc(C(F)(F)F)ccc1F)C[C@@H]1CCOC1. The van der Waals surface area contributed by atoms with Gasteiger partial charge in [-0.25, -0.2) is 4.39 Å². The zero-order chi connectivity index (χ0) is 14.8. The van der Waals surface area contributed by atoms with Crippen molar-refractivity contribution in [1.29, 1.82) is 0 Å². The molecule has 0 saturated carbocycles. The third kappa shape index (κ3) is 3.93. The Morgan fingerprint density at radius 1 is 1.35 bits per heavy atom. The van der Waals surface area contributed by atoms with E-state index in [0.717, 1.165) is 31.2 Å². The lowest BCUT2D eigenvalue weighted by atomic mass is 10.1. The quantitative estimate of drug-likeness (QED) is 0.789. The van der Waals surface area contributed by atoms with E-state index in [2.05, 4.69) is 0 Å². The molecule has 0 unspecified atom stereocenters. The van der Waals surface area contributed by atoms with Crippen LogP contribution < -0.4 is 0 Å². The van der Waals surface area contributed by atoms with Crippen molar-refractivity contribution in [1.82, 2.24) is 4.90 Å².